The van der Waals surface area contributed by atoms with Gasteiger partial charge in [-0.05, 0) is 39.0 Å². The van der Waals surface area contributed by atoms with E-state index < -0.39 is 23.2 Å². The Morgan fingerprint density at radius 2 is 2.24 bits per heavy atom. The number of carboxylic acids is 1. The van der Waals surface area contributed by atoms with E-state index in [1.807, 2.05) is 6.08 Å². The zero-order chi connectivity index (χ0) is 24.9. The molecule has 8 nitrogen and oxygen atoms in total. The van der Waals surface area contributed by atoms with Crippen LogP contribution in [0.4, 0.5) is 0 Å². The van der Waals surface area contributed by atoms with E-state index in [1.165, 1.54) is 30.4 Å². The molecule has 178 valence electrons. The van der Waals surface area contributed by atoms with Gasteiger partial charge in [-0.2, -0.15) is 0 Å². The number of hydrogen-bond donors (Lipinski definition) is 1. The fourth-order valence-corrected chi connectivity index (χ4v) is 3.90. The Morgan fingerprint density at radius 1 is 1.47 bits per heavy atom. The average Bonchev–Trinajstić information content (AvgIpc) is 3.43. The molecule has 0 radical (unpaired) electrons. The van der Waals surface area contributed by atoms with Crippen molar-refractivity contribution in [2.24, 2.45) is 5.41 Å². The van der Waals surface area contributed by atoms with Gasteiger partial charge in [0, 0.05) is 24.5 Å². The number of carboxylic acid groups (broad SMARTS) is 1. The maximum Gasteiger partial charge on any atom is 0.326 e. The summed E-state index contributed by atoms with van der Waals surface area (Å²) in [6.45, 7) is 9.22. The third-order valence-corrected chi connectivity index (χ3v) is 5.57. The maximum absolute atomic E-state index is 13.9. The van der Waals surface area contributed by atoms with Crippen molar-refractivity contribution in [2.45, 2.75) is 39.7 Å². The molecule has 8 heteroatoms. The molecule has 3 rings (SSSR count). The Bertz CT molecular complexity index is 1130. The van der Waals surface area contributed by atoms with Crippen LogP contribution in [0.15, 0.2) is 89.5 Å². The molecule has 0 saturated heterocycles. The van der Waals surface area contributed by atoms with Crippen LogP contribution in [0.3, 0.4) is 0 Å². The molecule has 2 atom stereocenters. The van der Waals surface area contributed by atoms with Crippen molar-refractivity contribution in [2.75, 3.05) is 6.61 Å². The molecule has 0 bridgehead atoms. The third-order valence-electron chi connectivity index (χ3n) is 5.57. The molecule has 0 saturated carbocycles. The Labute approximate surface area is 198 Å². The van der Waals surface area contributed by atoms with Crippen molar-refractivity contribution in [3.63, 3.8) is 0 Å². The van der Waals surface area contributed by atoms with Crippen LogP contribution in [0, 0.1) is 5.41 Å². The Hall–Kier alpha value is -4.03. The summed E-state index contributed by atoms with van der Waals surface area (Å²) in [7, 11) is 0. The number of hydrogen-bond acceptors (Lipinski definition) is 7. The van der Waals surface area contributed by atoms with Crippen LogP contribution in [0.1, 0.15) is 33.6 Å². The minimum absolute atomic E-state index is 0.00530. The number of aliphatic carboxylic acids is 1. The lowest BCUT2D eigenvalue weighted by Crippen LogP contribution is -2.37. The van der Waals surface area contributed by atoms with Crippen molar-refractivity contribution in [3.8, 4) is 0 Å². The lowest BCUT2D eigenvalue weighted by atomic mass is 9.77. The van der Waals surface area contributed by atoms with Gasteiger partial charge in [-0.3, -0.25) is 4.79 Å². The standard InChI is InChI=1S/C26H27NO7/c1-5-11-32-18(3)23-22(26(4,16-28)15-20-10-8-13-34-20)24(29)21(27(23)17(2)25(30)31)14-19-9-6-7-12-33-19/h5-7,10-12,14,16-17H,3,8,13,15H2,1-2,4H3,(H,30,31). The highest BCUT2D eigenvalue weighted by atomic mass is 16.5. The monoisotopic (exact) mass is 465 g/mol. The Morgan fingerprint density at radius 3 is 2.79 bits per heavy atom. The molecule has 0 aromatic rings. The van der Waals surface area contributed by atoms with Gasteiger partial charge >= 0.3 is 5.97 Å². The van der Waals surface area contributed by atoms with Gasteiger partial charge < -0.3 is 29.0 Å². The molecule has 34 heavy (non-hydrogen) atoms. The van der Waals surface area contributed by atoms with Crippen molar-refractivity contribution in [3.05, 3.63) is 89.5 Å². The summed E-state index contributed by atoms with van der Waals surface area (Å²) in [5, 5.41) is 9.85. The second-order valence-corrected chi connectivity index (χ2v) is 8.12. The SMILES string of the molecule is C=C(OC=CC)C1=C(C(C)(C=O)CC2=CCCO2)C(=O)C(=CC2=C=CC=CO2)N1C(C)C(=O)O. The predicted octanol–water partition coefficient (Wildman–Crippen LogP) is 4.03. The van der Waals surface area contributed by atoms with Gasteiger partial charge in [0.1, 0.15) is 18.1 Å². The first-order valence-electron chi connectivity index (χ1n) is 10.8. The van der Waals surface area contributed by atoms with E-state index in [9.17, 15) is 19.5 Å². The van der Waals surface area contributed by atoms with E-state index in [4.69, 9.17) is 14.2 Å². The van der Waals surface area contributed by atoms with Crippen LogP contribution in [-0.2, 0) is 28.6 Å². The first kappa shape index (κ1) is 24.6. The van der Waals surface area contributed by atoms with Gasteiger partial charge in [0.15, 0.2) is 5.76 Å². The second kappa shape index (κ2) is 10.3. The molecule has 0 aromatic carbocycles. The van der Waals surface area contributed by atoms with Crippen molar-refractivity contribution in [1.29, 1.82) is 0 Å². The van der Waals surface area contributed by atoms with E-state index in [0.717, 1.165) is 0 Å². The zero-order valence-corrected chi connectivity index (χ0v) is 19.4. The molecular weight excluding hydrogens is 438 g/mol. The van der Waals surface area contributed by atoms with E-state index in [0.29, 0.717) is 25.1 Å². The molecule has 2 unspecified atom stereocenters. The number of ketones is 1. The molecular formula is C26H27NO7. The summed E-state index contributed by atoms with van der Waals surface area (Å²) in [4.78, 5) is 39.7. The molecule has 0 aromatic heterocycles. The van der Waals surface area contributed by atoms with E-state index in [1.54, 1.807) is 32.1 Å². The maximum atomic E-state index is 13.9. The first-order chi connectivity index (χ1) is 16.2. The molecule has 3 aliphatic rings. The fraction of sp³-hybridized carbons (Fsp3) is 0.308. The van der Waals surface area contributed by atoms with Gasteiger partial charge in [-0.1, -0.05) is 18.4 Å². The highest BCUT2D eigenvalue weighted by molar-refractivity contribution is 6.15. The normalized spacial score (nSPS) is 21.2. The number of nitrogens with zero attached hydrogens (tertiary/aromatic N) is 1. The summed E-state index contributed by atoms with van der Waals surface area (Å²) in [5.74, 6) is -0.880. The molecule has 0 amide bonds. The number of Topliss-reactive ketones (excluding diaryl/α,β-unsaturated/α-hetero) is 1. The largest absolute Gasteiger partial charge is 0.498 e. The van der Waals surface area contributed by atoms with Crippen molar-refractivity contribution < 1.29 is 33.7 Å². The lowest BCUT2D eigenvalue weighted by molar-refractivity contribution is -0.141. The summed E-state index contributed by atoms with van der Waals surface area (Å²) in [5.41, 5.74) is 1.72. The molecule has 0 spiro atoms. The van der Waals surface area contributed by atoms with Crippen LogP contribution in [-0.4, -0.2) is 40.7 Å². The third kappa shape index (κ3) is 4.82. The van der Waals surface area contributed by atoms with Gasteiger partial charge in [0.05, 0.1) is 41.7 Å². The van der Waals surface area contributed by atoms with E-state index in [2.05, 4.69) is 12.3 Å². The minimum Gasteiger partial charge on any atom is -0.498 e. The lowest BCUT2D eigenvalue weighted by Gasteiger charge is -2.29. The van der Waals surface area contributed by atoms with Crippen LogP contribution in [0.25, 0.3) is 0 Å². The second-order valence-electron chi connectivity index (χ2n) is 8.12. The molecule has 1 N–H and O–H groups in total. The Balaban J connectivity index is 2.25. The first-order valence-corrected chi connectivity index (χ1v) is 10.8. The van der Waals surface area contributed by atoms with Gasteiger partial charge in [-0.15, -0.1) is 0 Å². The highest BCUT2D eigenvalue weighted by Gasteiger charge is 2.49. The number of carbonyl (C=O) groups is 3. The molecule has 3 aliphatic heterocycles. The summed E-state index contributed by atoms with van der Waals surface area (Å²) >= 11 is 0. The number of carbonyl (C=O) groups excluding carboxylic acids is 2. The predicted molar refractivity (Wildman–Crippen MR) is 123 cm³/mol. The van der Waals surface area contributed by atoms with Crippen LogP contribution >= 0.6 is 0 Å². The summed E-state index contributed by atoms with van der Waals surface area (Å²) in [6, 6.07) is -1.18. The number of allylic oxidation sites excluding steroid dienone is 5. The zero-order valence-electron chi connectivity index (χ0n) is 19.4. The smallest absolute Gasteiger partial charge is 0.326 e. The quantitative estimate of drug-likeness (QED) is 0.223. The summed E-state index contributed by atoms with van der Waals surface area (Å²) < 4.78 is 16.6. The topological polar surface area (TPSA) is 102 Å². The number of aldehydes is 1. The Kier molecular flexibility index (Phi) is 7.44. The van der Waals surface area contributed by atoms with E-state index >= 15 is 0 Å². The van der Waals surface area contributed by atoms with Crippen LogP contribution in [0.2, 0.25) is 0 Å². The fourth-order valence-electron chi connectivity index (χ4n) is 3.90. The van der Waals surface area contributed by atoms with E-state index in [-0.39, 0.29) is 34.9 Å². The average molecular weight is 466 g/mol. The molecule has 0 fully saturated rings. The van der Waals surface area contributed by atoms with Crippen LogP contribution in [0.5, 0.6) is 0 Å². The van der Waals surface area contributed by atoms with Gasteiger partial charge in [-0.25, -0.2) is 4.79 Å². The minimum atomic E-state index is -1.34. The highest BCUT2D eigenvalue weighted by Crippen LogP contribution is 2.46. The van der Waals surface area contributed by atoms with Crippen LogP contribution < -0.4 is 0 Å². The van der Waals surface area contributed by atoms with Gasteiger partial charge in [0.2, 0.25) is 5.78 Å². The summed E-state index contributed by atoms with van der Waals surface area (Å²) in [6.07, 6.45) is 12.4. The van der Waals surface area contributed by atoms with Crippen molar-refractivity contribution >= 4 is 18.0 Å². The molecule has 3 heterocycles. The van der Waals surface area contributed by atoms with Crippen molar-refractivity contribution in [1.82, 2.24) is 4.90 Å². The van der Waals surface area contributed by atoms with Gasteiger partial charge in [0.25, 0.3) is 0 Å². The number of rotatable bonds is 10. The molecule has 0 aliphatic carbocycles. The number of ether oxygens (including phenoxy) is 3.